The van der Waals surface area contributed by atoms with Gasteiger partial charge in [0.25, 0.3) is 0 Å². The molecule has 206 valence electrons. The summed E-state index contributed by atoms with van der Waals surface area (Å²) in [7, 11) is 0. The molecule has 40 heavy (non-hydrogen) atoms. The van der Waals surface area contributed by atoms with Crippen molar-refractivity contribution in [3.05, 3.63) is 114 Å². The third-order valence-electron chi connectivity index (χ3n) is 6.00. The third-order valence-corrected chi connectivity index (χ3v) is 6.00. The van der Waals surface area contributed by atoms with Crippen molar-refractivity contribution in [3.63, 3.8) is 0 Å². The predicted octanol–water partition coefficient (Wildman–Crippen LogP) is 6.42. The van der Waals surface area contributed by atoms with Gasteiger partial charge in [0.05, 0.1) is 11.0 Å². The second-order valence-electron chi connectivity index (χ2n) is 8.96. The van der Waals surface area contributed by atoms with Gasteiger partial charge in [0.2, 0.25) is 0 Å². The number of nitrogens with two attached hydrogens (primary N) is 1. The number of nitrogens with one attached hydrogen (secondary N) is 2. The number of H-pyrrole nitrogens is 1. The number of carboxylic acids is 1. The van der Waals surface area contributed by atoms with Crippen LogP contribution in [0.3, 0.4) is 0 Å². The molecular formula is C30H26F4N4O2. The topological polar surface area (TPSA) is 104 Å². The first-order valence-corrected chi connectivity index (χ1v) is 12.3. The molecule has 0 bridgehead atoms. The van der Waals surface area contributed by atoms with Gasteiger partial charge in [0.1, 0.15) is 11.6 Å². The van der Waals surface area contributed by atoms with Crippen molar-refractivity contribution in [2.75, 3.05) is 0 Å². The summed E-state index contributed by atoms with van der Waals surface area (Å²) in [5.74, 6) is -2.30. The molecule has 0 radical (unpaired) electrons. The molecule has 1 heterocycles. The maximum atomic E-state index is 13.5. The number of carboxylic acid groups (broad SMARTS) is 1. The number of aromatic amines is 1. The van der Waals surface area contributed by atoms with Crippen LogP contribution >= 0.6 is 0 Å². The fraction of sp³-hybridized carbons (Fsp3) is 0.133. The fourth-order valence-electron chi connectivity index (χ4n) is 3.97. The van der Waals surface area contributed by atoms with E-state index in [1.165, 1.54) is 23.3 Å². The second kappa shape index (κ2) is 12.5. The summed E-state index contributed by atoms with van der Waals surface area (Å²) < 4.78 is 45.3. The van der Waals surface area contributed by atoms with Gasteiger partial charge in [0.15, 0.2) is 0 Å². The summed E-state index contributed by atoms with van der Waals surface area (Å²) in [6, 6.07) is 29.7. The standard InChI is InChI=1S/C28H25FN4.C2HF3O2/c29-25-11-12-26-27(15-25)33-28(32-26)24-6-2-5-23(14-24)22-4-1-3-21(13-22)18-31-17-20-9-7-19(16-30)8-10-20;3-2(4,5)1(6)7/h1-15,31H,16-18,30H2,(H,32,33);(H,6,7). The summed E-state index contributed by atoms with van der Waals surface area (Å²) in [5, 5.41) is 10.6. The minimum absolute atomic E-state index is 0.274. The molecule has 5 N–H and O–H groups in total. The van der Waals surface area contributed by atoms with Crippen LogP contribution in [0.4, 0.5) is 17.6 Å². The van der Waals surface area contributed by atoms with Crippen LogP contribution in [-0.4, -0.2) is 27.2 Å². The van der Waals surface area contributed by atoms with Gasteiger partial charge in [0, 0.05) is 25.2 Å². The van der Waals surface area contributed by atoms with Crippen molar-refractivity contribution in [1.29, 1.82) is 0 Å². The molecule has 0 aliphatic heterocycles. The molecule has 0 saturated heterocycles. The number of imidazole rings is 1. The van der Waals surface area contributed by atoms with Crippen molar-refractivity contribution in [3.8, 4) is 22.5 Å². The van der Waals surface area contributed by atoms with Crippen molar-refractivity contribution < 1.29 is 27.5 Å². The smallest absolute Gasteiger partial charge is 0.475 e. The van der Waals surface area contributed by atoms with Gasteiger partial charge in [-0.15, -0.1) is 0 Å². The van der Waals surface area contributed by atoms with Gasteiger partial charge < -0.3 is 21.1 Å². The number of halogens is 4. The Bertz CT molecular complexity index is 1600. The quantitative estimate of drug-likeness (QED) is 0.175. The number of aliphatic carboxylic acids is 1. The lowest BCUT2D eigenvalue weighted by atomic mass is 10.0. The Morgan fingerprint density at radius 3 is 2.10 bits per heavy atom. The molecule has 10 heteroatoms. The van der Waals surface area contributed by atoms with Crippen molar-refractivity contribution in [2.45, 2.75) is 25.8 Å². The van der Waals surface area contributed by atoms with E-state index in [0.717, 1.165) is 46.7 Å². The van der Waals surface area contributed by atoms with Gasteiger partial charge >= 0.3 is 12.1 Å². The molecule has 0 amide bonds. The average Bonchev–Trinajstić information content (AvgIpc) is 3.37. The molecule has 0 aliphatic rings. The van der Waals surface area contributed by atoms with Gasteiger partial charge in [-0.25, -0.2) is 14.2 Å². The van der Waals surface area contributed by atoms with Crippen LogP contribution in [0.2, 0.25) is 0 Å². The van der Waals surface area contributed by atoms with Crippen LogP contribution in [0.5, 0.6) is 0 Å². The molecule has 6 nitrogen and oxygen atoms in total. The Morgan fingerprint density at radius 1 is 0.825 bits per heavy atom. The monoisotopic (exact) mass is 550 g/mol. The molecule has 4 aromatic carbocycles. The minimum atomic E-state index is -5.08. The van der Waals surface area contributed by atoms with Crippen LogP contribution in [0.25, 0.3) is 33.5 Å². The number of aromatic nitrogens is 2. The number of rotatable bonds is 7. The van der Waals surface area contributed by atoms with Gasteiger partial charge in [-0.2, -0.15) is 13.2 Å². The fourth-order valence-corrected chi connectivity index (χ4v) is 3.97. The van der Waals surface area contributed by atoms with E-state index in [1.807, 2.05) is 12.1 Å². The largest absolute Gasteiger partial charge is 0.490 e. The van der Waals surface area contributed by atoms with E-state index in [0.29, 0.717) is 12.1 Å². The minimum Gasteiger partial charge on any atom is -0.475 e. The van der Waals surface area contributed by atoms with Gasteiger partial charge in [-0.05, 0) is 58.1 Å². The molecule has 0 saturated carbocycles. The molecule has 1 aromatic heterocycles. The van der Waals surface area contributed by atoms with E-state index < -0.39 is 12.1 Å². The second-order valence-corrected chi connectivity index (χ2v) is 8.96. The zero-order chi connectivity index (χ0) is 28.7. The number of carbonyl (C=O) groups is 1. The highest BCUT2D eigenvalue weighted by molar-refractivity contribution is 5.80. The lowest BCUT2D eigenvalue weighted by Crippen LogP contribution is -2.21. The van der Waals surface area contributed by atoms with Crippen molar-refractivity contribution in [2.24, 2.45) is 5.73 Å². The highest BCUT2D eigenvalue weighted by atomic mass is 19.4. The maximum Gasteiger partial charge on any atom is 0.490 e. The zero-order valence-corrected chi connectivity index (χ0v) is 21.2. The number of benzene rings is 4. The Morgan fingerprint density at radius 2 is 1.43 bits per heavy atom. The van der Waals surface area contributed by atoms with E-state index in [-0.39, 0.29) is 5.82 Å². The first kappa shape index (κ1) is 28.5. The van der Waals surface area contributed by atoms with E-state index >= 15 is 0 Å². The average molecular weight is 551 g/mol. The zero-order valence-electron chi connectivity index (χ0n) is 21.2. The normalized spacial score (nSPS) is 11.2. The lowest BCUT2D eigenvalue weighted by molar-refractivity contribution is -0.192. The number of fused-ring (bicyclic) bond motifs is 1. The number of alkyl halides is 3. The SMILES string of the molecule is NCc1ccc(CNCc2cccc(-c3cccc(-c4nc5ccc(F)cc5[nH]4)c3)c2)cc1.O=C(O)C(F)(F)F. The number of nitrogens with zero attached hydrogens (tertiary/aromatic N) is 1. The lowest BCUT2D eigenvalue weighted by Gasteiger charge is -2.09. The molecule has 0 unspecified atom stereocenters. The third kappa shape index (κ3) is 7.52. The Balaban J connectivity index is 0.000000470. The molecule has 0 aliphatic carbocycles. The Hall–Kier alpha value is -4.54. The first-order valence-electron chi connectivity index (χ1n) is 12.3. The van der Waals surface area contributed by atoms with E-state index in [4.69, 9.17) is 15.6 Å². The molecule has 0 spiro atoms. The first-order chi connectivity index (χ1) is 19.1. The molecule has 0 fully saturated rings. The predicted molar refractivity (Wildman–Crippen MR) is 145 cm³/mol. The van der Waals surface area contributed by atoms with Crippen LogP contribution in [0.1, 0.15) is 16.7 Å². The Kier molecular flexibility index (Phi) is 8.93. The molecule has 0 atom stereocenters. The van der Waals surface area contributed by atoms with Crippen molar-refractivity contribution >= 4 is 17.0 Å². The van der Waals surface area contributed by atoms with E-state index in [1.54, 1.807) is 6.07 Å². The maximum absolute atomic E-state index is 13.5. The van der Waals surface area contributed by atoms with Gasteiger partial charge in [-0.1, -0.05) is 60.7 Å². The molecule has 5 rings (SSSR count). The number of hydrogen-bond donors (Lipinski definition) is 4. The number of hydrogen-bond acceptors (Lipinski definition) is 4. The van der Waals surface area contributed by atoms with Crippen LogP contribution in [0.15, 0.2) is 91.0 Å². The summed E-state index contributed by atoms with van der Waals surface area (Å²) in [5.41, 5.74) is 13.9. The van der Waals surface area contributed by atoms with Crippen LogP contribution < -0.4 is 11.1 Å². The van der Waals surface area contributed by atoms with Crippen LogP contribution in [0, 0.1) is 5.82 Å². The summed E-state index contributed by atoms with van der Waals surface area (Å²) in [6.07, 6.45) is -5.08. The van der Waals surface area contributed by atoms with Gasteiger partial charge in [-0.3, -0.25) is 0 Å². The summed E-state index contributed by atoms with van der Waals surface area (Å²) in [4.78, 5) is 16.7. The summed E-state index contributed by atoms with van der Waals surface area (Å²) in [6.45, 7) is 2.15. The van der Waals surface area contributed by atoms with Crippen molar-refractivity contribution in [1.82, 2.24) is 15.3 Å². The Labute approximate surface area is 227 Å². The molecule has 5 aromatic rings. The highest BCUT2D eigenvalue weighted by Crippen LogP contribution is 2.27. The highest BCUT2D eigenvalue weighted by Gasteiger charge is 2.38. The van der Waals surface area contributed by atoms with Crippen LogP contribution in [-0.2, 0) is 24.4 Å². The van der Waals surface area contributed by atoms with E-state index in [9.17, 15) is 17.6 Å². The molecular weight excluding hydrogens is 524 g/mol. The van der Waals surface area contributed by atoms with E-state index in [2.05, 4.69) is 75.9 Å². The summed E-state index contributed by atoms with van der Waals surface area (Å²) >= 11 is 0.